The van der Waals surface area contributed by atoms with Gasteiger partial charge in [-0.25, -0.2) is 8.78 Å². The summed E-state index contributed by atoms with van der Waals surface area (Å²) in [7, 11) is 0. The summed E-state index contributed by atoms with van der Waals surface area (Å²) in [5.74, 6) is -4.08. The Morgan fingerprint density at radius 2 is 1.92 bits per heavy atom. The molecule has 4 nitrogen and oxygen atoms in total. The minimum Gasteiger partial charge on any atom is -0.376 e. The molecule has 1 aromatic heterocycles. The summed E-state index contributed by atoms with van der Waals surface area (Å²) in [6.45, 7) is 0.236. The van der Waals surface area contributed by atoms with Crippen molar-refractivity contribution in [2.45, 2.75) is 19.0 Å². The molecule has 0 N–H and O–H groups in total. The lowest BCUT2D eigenvalue weighted by Gasteiger charge is -2.38. The SMILES string of the molecule is O=C(c1ccncc1)N1CCC(F)(F)C(COCc2ccccc2)C1. The molecule has 1 unspecified atom stereocenters. The number of aromatic nitrogens is 1. The summed E-state index contributed by atoms with van der Waals surface area (Å²) in [4.78, 5) is 17.8. The van der Waals surface area contributed by atoms with Crippen molar-refractivity contribution < 1.29 is 18.3 Å². The number of carbonyl (C=O) groups excluding carboxylic acids is 1. The topological polar surface area (TPSA) is 42.4 Å². The molecule has 25 heavy (non-hydrogen) atoms. The van der Waals surface area contributed by atoms with Crippen molar-refractivity contribution in [3.8, 4) is 0 Å². The summed E-state index contributed by atoms with van der Waals surface area (Å²) in [5, 5.41) is 0. The van der Waals surface area contributed by atoms with Gasteiger partial charge in [0.15, 0.2) is 0 Å². The molecular weight excluding hydrogens is 326 g/mol. The molecule has 0 radical (unpaired) electrons. The van der Waals surface area contributed by atoms with Crippen LogP contribution in [0.4, 0.5) is 8.78 Å². The van der Waals surface area contributed by atoms with Crippen molar-refractivity contribution in [2.75, 3.05) is 19.7 Å². The molecule has 1 aliphatic rings. The van der Waals surface area contributed by atoms with Gasteiger partial charge in [0.05, 0.1) is 19.1 Å². The van der Waals surface area contributed by atoms with Gasteiger partial charge in [-0.05, 0) is 17.7 Å². The van der Waals surface area contributed by atoms with Crippen LogP contribution in [0.15, 0.2) is 54.9 Å². The molecule has 1 atom stereocenters. The van der Waals surface area contributed by atoms with Crippen molar-refractivity contribution >= 4 is 5.91 Å². The number of halogens is 2. The van der Waals surface area contributed by atoms with E-state index < -0.39 is 11.8 Å². The third kappa shape index (κ3) is 4.39. The third-order valence-corrected chi connectivity index (χ3v) is 4.40. The zero-order valence-corrected chi connectivity index (χ0v) is 13.8. The number of rotatable bonds is 5. The predicted octanol–water partition coefficient (Wildman–Crippen LogP) is 3.40. The number of benzene rings is 1. The van der Waals surface area contributed by atoms with Crippen LogP contribution in [0.2, 0.25) is 0 Å². The Kier molecular flexibility index (Phi) is 5.38. The van der Waals surface area contributed by atoms with Crippen molar-refractivity contribution in [3.63, 3.8) is 0 Å². The quantitative estimate of drug-likeness (QED) is 0.833. The molecule has 3 rings (SSSR count). The molecule has 132 valence electrons. The number of nitrogens with zero attached hydrogens (tertiary/aromatic N) is 2. The van der Waals surface area contributed by atoms with Gasteiger partial charge in [-0.2, -0.15) is 0 Å². The molecule has 0 aliphatic carbocycles. The monoisotopic (exact) mass is 346 g/mol. The van der Waals surface area contributed by atoms with Gasteiger partial charge in [-0.15, -0.1) is 0 Å². The Balaban J connectivity index is 1.60. The van der Waals surface area contributed by atoms with Gasteiger partial charge in [-0.1, -0.05) is 30.3 Å². The first-order chi connectivity index (χ1) is 12.1. The zero-order valence-electron chi connectivity index (χ0n) is 13.8. The Hall–Kier alpha value is -2.34. The van der Waals surface area contributed by atoms with Gasteiger partial charge in [0.1, 0.15) is 0 Å². The number of hydrogen-bond acceptors (Lipinski definition) is 3. The number of piperidine rings is 1. The molecule has 1 amide bonds. The fourth-order valence-corrected chi connectivity index (χ4v) is 2.91. The van der Waals surface area contributed by atoms with Crippen LogP contribution < -0.4 is 0 Å². The molecular formula is C19H20F2N2O2. The zero-order chi connectivity index (χ0) is 17.7. The summed E-state index contributed by atoms with van der Waals surface area (Å²) >= 11 is 0. The van der Waals surface area contributed by atoms with Crippen LogP contribution in [0.25, 0.3) is 0 Å². The lowest BCUT2D eigenvalue weighted by atomic mass is 9.93. The Bertz CT molecular complexity index is 695. The second-order valence-electron chi connectivity index (χ2n) is 6.20. The smallest absolute Gasteiger partial charge is 0.256 e. The number of likely N-dealkylation sites (tertiary alicyclic amines) is 1. The fourth-order valence-electron chi connectivity index (χ4n) is 2.91. The van der Waals surface area contributed by atoms with Crippen molar-refractivity contribution in [2.24, 2.45) is 5.92 Å². The van der Waals surface area contributed by atoms with Gasteiger partial charge in [0, 0.05) is 37.5 Å². The largest absolute Gasteiger partial charge is 0.376 e. The van der Waals surface area contributed by atoms with Crippen LogP contribution in [0.3, 0.4) is 0 Å². The Morgan fingerprint density at radius 1 is 1.20 bits per heavy atom. The third-order valence-electron chi connectivity index (χ3n) is 4.40. The highest BCUT2D eigenvalue weighted by Crippen LogP contribution is 2.34. The van der Waals surface area contributed by atoms with Gasteiger partial charge in [0.25, 0.3) is 11.8 Å². The van der Waals surface area contributed by atoms with E-state index in [0.717, 1.165) is 5.56 Å². The van der Waals surface area contributed by atoms with Crippen molar-refractivity contribution in [3.05, 3.63) is 66.0 Å². The molecule has 2 aromatic rings. The maximum atomic E-state index is 14.2. The van der Waals surface area contributed by atoms with Crippen molar-refractivity contribution in [1.82, 2.24) is 9.88 Å². The molecule has 1 aromatic carbocycles. The van der Waals surface area contributed by atoms with E-state index in [4.69, 9.17) is 4.74 Å². The molecule has 1 saturated heterocycles. The average Bonchev–Trinajstić information content (AvgIpc) is 2.64. The second kappa shape index (κ2) is 7.70. The Labute approximate surface area is 145 Å². The highest BCUT2D eigenvalue weighted by molar-refractivity contribution is 5.94. The average molecular weight is 346 g/mol. The van der Waals surface area contributed by atoms with Crippen LogP contribution in [0, 0.1) is 5.92 Å². The van der Waals surface area contributed by atoms with Crippen molar-refractivity contribution in [1.29, 1.82) is 0 Å². The van der Waals surface area contributed by atoms with E-state index >= 15 is 0 Å². The Morgan fingerprint density at radius 3 is 2.64 bits per heavy atom. The van der Waals surface area contributed by atoms with E-state index in [1.54, 1.807) is 12.1 Å². The fraction of sp³-hybridized carbons (Fsp3) is 0.368. The molecule has 6 heteroatoms. The molecule has 0 spiro atoms. The maximum Gasteiger partial charge on any atom is 0.256 e. The van der Waals surface area contributed by atoms with Crippen LogP contribution in [-0.4, -0.2) is 41.4 Å². The van der Waals surface area contributed by atoms with E-state index in [1.807, 2.05) is 30.3 Å². The normalized spacial score (nSPS) is 19.6. The van der Waals surface area contributed by atoms with E-state index in [2.05, 4.69) is 4.98 Å². The highest BCUT2D eigenvalue weighted by Gasteiger charge is 2.45. The minimum absolute atomic E-state index is 0.0110. The van der Waals surface area contributed by atoms with Crippen LogP contribution in [0.5, 0.6) is 0 Å². The number of ether oxygens (including phenoxy) is 1. The summed E-state index contributed by atoms with van der Waals surface area (Å²) in [5.41, 5.74) is 1.40. The van der Waals surface area contributed by atoms with E-state index in [9.17, 15) is 13.6 Å². The maximum absolute atomic E-state index is 14.2. The molecule has 0 bridgehead atoms. The number of amides is 1. The lowest BCUT2D eigenvalue weighted by Crippen LogP contribution is -2.50. The molecule has 2 heterocycles. The summed E-state index contributed by atoms with van der Waals surface area (Å²) in [6.07, 6.45) is 2.70. The minimum atomic E-state index is -2.83. The number of pyridine rings is 1. The van der Waals surface area contributed by atoms with Gasteiger partial charge >= 0.3 is 0 Å². The van der Waals surface area contributed by atoms with E-state index in [-0.39, 0.29) is 38.6 Å². The van der Waals surface area contributed by atoms with Crippen LogP contribution >= 0.6 is 0 Å². The van der Waals surface area contributed by atoms with Crippen LogP contribution in [0.1, 0.15) is 22.3 Å². The molecule has 1 fully saturated rings. The number of carbonyl (C=O) groups is 1. The second-order valence-corrected chi connectivity index (χ2v) is 6.20. The first kappa shape index (κ1) is 17.5. The van der Waals surface area contributed by atoms with E-state index in [0.29, 0.717) is 5.56 Å². The standard InChI is InChI=1S/C19H20F2N2O2/c20-19(21)8-11-23(18(24)16-6-9-22-10-7-16)12-17(19)14-25-13-15-4-2-1-3-5-15/h1-7,9-10,17H,8,11-14H2. The lowest BCUT2D eigenvalue weighted by molar-refractivity contribution is -0.124. The first-order valence-electron chi connectivity index (χ1n) is 8.25. The summed E-state index contributed by atoms with van der Waals surface area (Å²) < 4.78 is 33.9. The van der Waals surface area contributed by atoms with E-state index in [1.165, 1.54) is 17.3 Å². The van der Waals surface area contributed by atoms with Crippen LogP contribution in [-0.2, 0) is 11.3 Å². The number of hydrogen-bond donors (Lipinski definition) is 0. The first-order valence-corrected chi connectivity index (χ1v) is 8.25. The molecule has 1 aliphatic heterocycles. The predicted molar refractivity (Wildman–Crippen MR) is 89.3 cm³/mol. The van der Waals surface area contributed by atoms with Gasteiger partial charge in [-0.3, -0.25) is 9.78 Å². The summed E-state index contributed by atoms with van der Waals surface area (Å²) in [6, 6.07) is 12.6. The molecule has 0 saturated carbocycles. The van der Waals surface area contributed by atoms with Gasteiger partial charge < -0.3 is 9.64 Å². The highest BCUT2D eigenvalue weighted by atomic mass is 19.3. The number of alkyl halides is 2. The van der Waals surface area contributed by atoms with Gasteiger partial charge in [0.2, 0.25) is 0 Å².